The molecule has 0 saturated heterocycles. The first-order chi connectivity index (χ1) is 10.0. The Hall–Kier alpha value is -2.42. The van der Waals surface area contributed by atoms with E-state index in [4.69, 9.17) is 4.42 Å². The average Bonchev–Trinajstić information content (AvgIpc) is 2.88. The van der Waals surface area contributed by atoms with Gasteiger partial charge < -0.3 is 4.42 Å². The average molecular weight is 282 g/mol. The highest BCUT2D eigenvalue weighted by Gasteiger charge is 2.15. The summed E-state index contributed by atoms with van der Waals surface area (Å²) in [4.78, 5) is 12.3. The predicted octanol–water partition coefficient (Wildman–Crippen LogP) is 4.61. The molecule has 3 rings (SSSR count). The van der Waals surface area contributed by atoms with E-state index >= 15 is 0 Å². The number of benzene rings is 2. The molecule has 1 heterocycles. The van der Waals surface area contributed by atoms with Crippen LogP contribution in [-0.4, -0.2) is 5.78 Å². The summed E-state index contributed by atoms with van der Waals surface area (Å²) >= 11 is 0. The van der Waals surface area contributed by atoms with E-state index in [2.05, 4.69) is 0 Å². The number of fused-ring (bicyclic) bond motifs is 1. The molecule has 1 aromatic heterocycles. The number of para-hydroxylation sites is 1. The molecule has 3 aromatic rings. The fourth-order valence-electron chi connectivity index (χ4n) is 2.42. The predicted molar refractivity (Wildman–Crippen MR) is 80.1 cm³/mol. The molecule has 0 atom stereocenters. The number of rotatable bonds is 3. The van der Waals surface area contributed by atoms with E-state index in [1.54, 1.807) is 18.2 Å². The molecule has 21 heavy (non-hydrogen) atoms. The van der Waals surface area contributed by atoms with Crippen LogP contribution in [0.25, 0.3) is 11.0 Å². The number of ketones is 1. The largest absolute Gasteiger partial charge is 0.450 e. The molecule has 0 aliphatic rings. The van der Waals surface area contributed by atoms with Crippen LogP contribution in [-0.2, 0) is 6.42 Å². The third kappa shape index (κ3) is 2.59. The van der Waals surface area contributed by atoms with Crippen molar-refractivity contribution in [1.82, 2.24) is 0 Å². The lowest BCUT2D eigenvalue weighted by Crippen LogP contribution is -2.03. The lowest BCUT2D eigenvalue weighted by Gasteiger charge is -2.05. The third-order valence-corrected chi connectivity index (χ3v) is 3.63. The van der Waals surface area contributed by atoms with Crippen molar-refractivity contribution in [3.05, 3.63) is 70.7 Å². The lowest BCUT2D eigenvalue weighted by molar-refractivity contribution is 0.0968. The molecule has 0 saturated carbocycles. The number of carbonyl (C=O) groups is 1. The van der Waals surface area contributed by atoms with E-state index in [0.29, 0.717) is 5.39 Å². The maximum Gasteiger partial charge on any atom is 0.202 e. The number of hydrogen-bond acceptors (Lipinski definition) is 2. The molecular formula is C18H15FO2. The van der Waals surface area contributed by atoms with Crippen molar-refractivity contribution in [2.75, 3.05) is 0 Å². The molecule has 0 N–H and O–H groups in total. The summed E-state index contributed by atoms with van der Waals surface area (Å²) < 4.78 is 19.0. The molecule has 0 amide bonds. The highest BCUT2D eigenvalue weighted by Crippen LogP contribution is 2.23. The SMILES string of the molecule is Cc1ccc(C)c(CC(=O)c2cc3cccc(F)c3o2)c1. The molecule has 3 heteroatoms. The van der Waals surface area contributed by atoms with Crippen LogP contribution in [0.15, 0.2) is 46.9 Å². The first kappa shape index (κ1) is 13.6. The number of Topliss-reactive ketones (excluding diaryl/α,β-unsaturated/α-hetero) is 1. The van der Waals surface area contributed by atoms with E-state index < -0.39 is 5.82 Å². The monoisotopic (exact) mass is 282 g/mol. The van der Waals surface area contributed by atoms with Gasteiger partial charge in [-0.25, -0.2) is 4.39 Å². The van der Waals surface area contributed by atoms with Crippen LogP contribution in [0.4, 0.5) is 4.39 Å². The zero-order chi connectivity index (χ0) is 15.0. The van der Waals surface area contributed by atoms with Gasteiger partial charge in [-0.15, -0.1) is 0 Å². The topological polar surface area (TPSA) is 30.2 Å². The van der Waals surface area contributed by atoms with Crippen LogP contribution >= 0.6 is 0 Å². The van der Waals surface area contributed by atoms with Crippen molar-refractivity contribution in [2.24, 2.45) is 0 Å². The van der Waals surface area contributed by atoms with Gasteiger partial charge in [-0.3, -0.25) is 4.79 Å². The number of furan rings is 1. The second-order valence-electron chi connectivity index (χ2n) is 5.30. The van der Waals surface area contributed by atoms with E-state index in [-0.39, 0.29) is 23.5 Å². The second-order valence-corrected chi connectivity index (χ2v) is 5.30. The molecule has 0 fully saturated rings. The van der Waals surface area contributed by atoms with Gasteiger partial charge in [-0.1, -0.05) is 35.9 Å². The lowest BCUT2D eigenvalue weighted by atomic mass is 10.00. The van der Waals surface area contributed by atoms with Crippen molar-refractivity contribution in [1.29, 1.82) is 0 Å². The Morgan fingerprint density at radius 3 is 2.71 bits per heavy atom. The summed E-state index contributed by atoms with van der Waals surface area (Å²) in [6.45, 7) is 3.96. The fraction of sp³-hybridized carbons (Fsp3) is 0.167. The maximum absolute atomic E-state index is 13.6. The number of hydrogen-bond donors (Lipinski definition) is 0. The van der Waals surface area contributed by atoms with E-state index in [1.165, 1.54) is 6.07 Å². The van der Waals surface area contributed by atoms with Crippen molar-refractivity contribution in [3.63, 3.8) is 0 Å². The quantitative estimate of drug-likeness (QED) is 0.656. The summed E-state index contributed by atoms with van der Waals surface area (Å²) in [5, 5.41) is 0.610. The maximum atomic E-state index is 13.6. The molecular weight excluding hydrogens is 267 g/mol. The zero-order valence-corrected chi connectivity index (χ0v) is 11.9. The Labute approximate surface area is 122 Å². The van der Waals surface area contributed by atoms with Gasteiger partial charge in [-0.2, -0.15) is 0 Å². The molecule has 0 aliphatic heterocycles. The number of aryl methyl sites for hydroxylation is 2. The highest BCUT2D eigenvalue weighted by atomic mass is 19.1. The Kier molecular flexibility index (Phi) is 3.34. The van der Waals surface area contributed by atoms with Gasteiger partial charge in [0, 0.05) is 11.8 Å². The van der Waals surface area contributed by atoms with Gasteiger partial charge in [-0.05, 0) is 37.1 Å². The molecule has 0 radical (unpaired) electrons. The fourth-order valence-corrected chi connectivity index (χ4v) is 2.42. The molecule has 0 unspecified atom stereocenters. The summed E-state index contributed by atoms with van der Waals surface area (Å²) in [5.74, 6) is -0.381. The molecule has 0 spiro atoms. The van der Waals surface area contributed by atoms with Crippen LogP contribution in [0.1, 0.15) is 27.2 Å². The van der Waals surface area contributed by atoms with Gasteiger partial charge >= 0.3 is 0 Å². The van der Waals surface area contributed by atoms with Gasteiger partial charge in [0.05, 0.1) is 0 Å². The van der Waals surface area contributed by atoms with Crippen molar-refractivity contribution >= 4 is 16.8 Å². The molecule has 2 aromatic carbocycles. The van der Waals surface area contributed by atoms with Crippen LogP contribution < -0.4 is 0 Å². The molecule has 106 valence electrons. The Morgan fingerprint density at radius 2 is 1.95 bits per heavy atom. The molecule has 0 bridgehead atoms. The second kappa shape index (κ2) is 5.17. The first-order valence-corrected chi connectivity index (χ1v) is 6.82. The number of halogens is 1. The van der Waals surface area contributed by atoms with Crippen LogP contribution in [0, 0.1) is 19.7 Å². The standard InChI is InChI=1S/C18H15FO2/c1-11-6-7-12(2)14(8-11)9-16(20)17-10-13-4-3-5-15(19)18(13)21-17/h3-8,10H,9H2,1-2H3. The van der Waals surface area contributed by atoms with Crippen LogP contribution in [0.3, 0.4) is 0 Å². The summed E-state index contributed by atoms with van der Waals surface area (Å²) in [6.07, 6.45) is 0.259. The molecule has 2 nitrogen and oxygen atoms in total. The Bertz CT molecular complexity index is 830. The van der Waals surface area contributed by atoms with Gasteiger partial charge in [0.25, 0.3) is 0 Å². The van der Waals surface area contributed by atoms with Gasteiger partial charge in [0.2, 0.25) is 5.78 Å². The van der Waals surface area contributed by atoms with E-state index in [0.717, 1.165) is 16.7 Å². The first-order valence-electron chi connectivity index (χ1n) is 6.82. The van der Waals surface area contributed by atoms with E-state index in [1.807, 2.05) is 32.0 Å². The van der Waals surface area contributed by atoms with Crippen LogP contribution in [0.5, 0.6) is 0 Å². The highest BCUT2D eigenvalue weighted by molar-refractivity contribution is 5.98. The minimum absolute atomic E-state index is 0.140. The van der Waals surface area contributed by atoms with Gasteiger partial charge in [0.1, 0.15) is 0 Å². The third-order valence-electron chi connectivity index (χ3n) is 3.63. The minimum atomic E-state index is -0.446. The smallest absolute Gasteiger partial charge is 0.202 e. The van der Waals surface area contributed by atoms with E-state index in [9.17, 15) is 9.18 Å². The van der Waals surface area contributed by atoms with Crippen molar-refractivity contribution < 1.29 is 13.6 Å². The summed E-state index contributed by atoms with van der Waals surface area (Å²) in [7, 11) is 0. The summed E-state index contributed by atoms with van der Waals surface area (Å²) in [6, 6.07) is 12.3. The van der Waals surface area contributed by atoms with Crippen LogP contribution in [0.2, 0.25) is 0 Å². The number of carbonyl (C=O) groups excluding carboxylic acids is 1. The summed E-state index contributed by atoms with van der Waals surface area (Å²) in [5.41, 5.74) is 3.29. The normalized spacial score (nSPS) is 11.0. The molecule has 0 aliphatic carbocycles. The Morgan fingerprint density at radius 1 is 1.14 bits per heavy atom. The van der Waals surface area contributed by atoms with Crippen molar-refractivity contribution in [2.45, 2.75) is 20.3 Å². The van der Waals surface area contributed by atoms with Gasteiger partial charge in [0.15, 0.2) is 17.2 Å². The Balaban J connectivity index is 1.93. The van der Waals surface area contributed by atoms with Crippen molar-refractivity contribution in [3.8, 4) is 0 Å². The minimum Gasteiger partial charge on any atom is -0.450 e. The zero-order valence-electron chi connectivity index (χ0n) is 11.9.